The van der Waals surface area contributed by atoms with Gasteiger partial charge in [-0.1, -0.05) is 0 Å². The zero-order chi connectivity index (χ0) is 24.4. The van der Waals surface area contributed by atoms with Gasteiger partial charge in [0.15, 0.2) is 18.9 Å². The van der Waals surface area contributed by atoms with Crippen LogP contribution in [0.4, 0.5) is 0 Å². The molecular weight excluding hydrogens is 456 g/mol. The lowest BCUT2D eigenvalue weighted by atomic mass is 9.98. The summed E-state index contributed by atoms with van der Waals surface area (Å²) in [4.78, 5) is 0. The van der Waals surface area contributed by atoms with E-state index >= 15 is 0 Å². The van der Waals surface area contributed by atoms with Crippen LogP contribution in [-0.4, -0.2) is 159 Å². The number of ether oxygens (including phenoxy) is 6. The van der Waals surface area contributed by atoms with Gasteiger partial charge in [-0.05, 0) is 0 Å². The van der Waals surface area contributed by atoms with E-state index in [1.54, 1.807) is 0 Å². The van der Waals surface area contributed by atoms with E-state index in [0.717, 1.165) is 0 Å². The van der Waals surface area contributed by atoms with Gasteiger partial charge >= 0.3 is 0 Å². The third-order valence-corrected chi connectivity index (χ3v) is 5.94. The van der Waals surface area contributed by atoms with Crippen molar-refractivity contribution in [1.29, 1.82) is 0 Å². The van der Waals surface area contributed by atoms with Crippen LogP contribution in [0.2, 0.25) is 0 Å². The Morgan fingerprint density at radius 3 is 1.64 bits per heavy atom. The third-order valence-electron chi connectivity index (χ3n) is 5.94. The first-order valence-electron chi connectivity index (χ1n) is 10.4. The average Bonchev–Trinajstić information content (AvgIpc) is 3.08. The van der Waals surface area contributed by atoms with Crippen LogP contribution in [0.15, 0.2) is 0 Å². The monoisotopic (exact) mass is 488 g/mol. The van der Waals surface area contributed by atoms with Gasteiger partial charge in [0, 0.05) is 7.11 Å². The Hall–Kier alpha value is -0.600. The van der Waals surface area contributed by atoms with Crippen molar-refractivity contribution in [3.8, 4) is 0 Å². The van der Waals surface area contributed by atoms with Gasteiger partial charge in [0.25, 0.3) is 0 Å². The summed E-state index contributed by atoms with van der Waals surface area (Å²) in [6, 6.07) is 0. The molecule has 0 aromatic carbocycles. The fraction of sp³-hybridized carbons (Fsp3) is 1.00. The number of methoxy groups -OCH3 is 1. The second kappa shape index (κ2) is 11.4. The summed E-state index contributed by atoms with van der Waals surface area (Å²) in [7, 11) is 1.22. The van der Waals surface area contributed by atoms with Crippen molar-refractivity contribution in [2.75, 3.05) is 26.9 Å². The van der Waals surface area contributed by atoms with E-state index in [9.17, 15) is 46.0 Å². The molecule has 3 aliphatic rings. The number of aliphatic hydroxyl groups is 9. The van der Waals surface area contributed by atoms with E-state index in [-0.39, 0.29) is 0 Å². The molecule has 3 aliphatic heterocycles. The standard InChI is InChI=1S/C18H32O15/c1-28-16-14(27)11(24)10(23)7(32-16)4-29-18-15(12(25)8(21)5(2-19)31-18)33-17-13(26)9(22)6(3-20)30-17/h5-27H,2-4H2,1H3/t5-,6-,7-,8-,9+,10+,11+,12+,13-,14-,15-,16-,17+,18-/m1/s1. The maximum absolute atomic E-state index is 10.5. The summed E-state index contributed by atoms with van der Waals surface area (Å²) < 4.78 is 32.0. The van der Waals surface area contributed by atoms with Crippen molar-refractivity contribution < 1.29 is 74.4 Å². The fourth-order valence-corrected chi connectivity index (χ4v) is 3.91. The molecule has 0 aromatic rings. The molecule has 9 N–H and O–H groups in total. The molecule has 0 aliphatic carbocycles. The predicted molar refractivity (Wildman–Crippen MR) is 100 cm³/mol. The molecule has 0 bridgehead atoms. The summed E-state index contributed by atoms with van der Waals surface area (Å²) in [6.07, 6.45) is -20.7. The Balaban J connectivity index is 1.71. The highest BCUT2D eigenvalue weighted by atomic mass is 16.8. The van der Waals surface area contributed by atoms with E-state index in [1.165, 1.54) is 7.11 Å². The second-order valence-electron chi connectivity index (χ2n) is 8.10. The molecule has 14 atom stereocenters. The molecule has 15 nitrogen and oxygen atoms in total. The van der Waals surface area contributed by atoms with Gasteiger partial charge in [0.2, 0.25) is 0 Å². The molecule has 0 radical (unpaired) electrons. The molecule has 194 valence electrons. The molecule has 0 aromatic heterocycles. The Labute approximate surface area is 188 Å². The quantitative estimate of drug-likeness (QED) is 0.154. The smallest absolute Gasteiger partial charge is 0.187 e. The Morgan fingerprint density at radius 1 is 0.576 bits per heavy atom. The molecule has 0 unspecified atom stereocenters. The SMILES string of the molecule is CO[C@@H]1O[C@H](CO[C@@H]2O[C@H](CO)[C@@H](O)[C@H](O)[C@H]2O[C@@H]2O[C@H](CO)[C@H](O)[C@H]2O)[C@H](O)[C@H](O)[C@H]1O. The van der Waals surface area contributed by atoms with Gasteiger partial charge in [0.05, 0.1) is 19.8 Å². The van der Waals surface area contributed by atoms with Crippen molar-refractivity contribution >= 4 is 0 Å². The van der Waals surface area contributed by atoms with Crippen LogP contribution in [0.25, 0.3) is 0 Å². The normalized spacial score (nSPS) is 51.1. The van der Waals surface area contributed by atoms with E-state index in [2.05, 4.69) is 0 Å². The highest BCUT2D eigenvalue weighted by Gasteiger charge is 2.51. The summed E-state index contributed by atoms with van der Waals surface area (Å²) in [6.45, 7) is -1.80. The van der Waals surface area contributed by atoms with Crippen LogP contribution in [0.3, 0.4) is 0 Å². The van der Waals surface area contributed by atoms with Crippen molar-refractivity contribution in [3.63, 3.8) is 0 Å². The molecule has 0 spiro atoms. The molecule has 3 heterocycles. The minimum absolute atomic E-state index is 0.480. The van der Waals surface area contributed by atoms with E-state index in [1.807, 2.05) is 0 Å². The van der Waals surface area contributed by atoms with Crippen LogP contribution >= 0.6 is 0 Å². The molecular formula is C18H32O15. The molecule has 3 saturated heterocycles. The van der Waals surface area contributed by atoms with Crippen molar-refractivity contribution in [1.82, 2.24) is 0 Å². The van der Waals surface area contributed by atoms with Crippen LogP contribution in [0.5, 0.6) is 0 Å². The van der Waals surface area contributed by atoms with Crippen molar-refractivity contribution in [3.05, 3.63) is 0 Å². The third kappa shape index (κ3) is 5.48. The van der Waals surface area contributed by atoms with Gasteiger partial charge in [-0.25, -0.2) is 0 Å². The first-order chi connectivity index (χ1) is 15.6. The van der Waals surface area contributed by atoms with E-state index in [0.29, 0.717) is 0 Å². The van der Waals surface area contributed by atoms with Gasteiger partial charge in [-0.2, -0.15) is 0 Å². The summed E-state index contributed by atoms with van der Waals surface area (Å²) >= 11 is 0. The summed E-state index contributed by atoms with van der Waals surface area (Å²) in [5.74, 6) is 0. The van der Waals surface area contributed by atoms with E-state index < -0.39 is 106 Å². The van der Waals surface area contributed by atoms with Crippen LogP contribution in [0.1, 0.15) is 0 Å². The topological polar surface area (TPSA) is 237 Å². The van der Waals surface area contributed by atoms with Gasteiger partial charge in [0.1, 0.15) is 67.1 Å². The van der Waals surface area contributed by atoms with Crippen molar-refractivity contribution in [2.45, 2.75) is 86.0 Å². The number of hydrogen-bond acceptors (Lipinski definition) is 15. The van der Waals surface area contributed by atoms with Crippen LogP contribution in [0, 0.1) is 0 Å². The first kappa shape index (κ1) is 27.0. The predicted octanol–water partition coefficient (Wildman–Crippen LogP) is -6.28. The van der Waals surface area contributed by atoms with Gasteiger partial charge in [-0.3, -0.25) is 0 Å². The molecule has 33 heavy (non-hydrogen) atoms. The first-order valence-corrected chi connectivity index (χ1v) is 10.4. The number of hydrogen-bond donors (Lipinski definition) is 9. The van der Waals surface area contributed by atoms with Gasteiger partial charge < -0.3 is 74.4 Å². The Bertz CT molecular complexity index is 609. The molecule has 3 fully saturated rings. The molecule has 3 rings (SSSR count). The van der Waals surface area contributed by atoms with Crippen LogP contribution in [-0.2, 0) is 28.4 Å². The zero-order valence-corrected chi connectivity index (χ0v) is 17.7. The molecule has 0 amide bonds. The second-order valence-corrected chi connectivity index (χ2v) is 8.10. The number of rotatable bonds is 8. The zero-order valence-electron chi connectivity index (χ0n) is 17.7. The van der Waals surface area contributed by atoms with Crippen LogP contribution < -0.4 is 0 Å². The largest absolute Gasteiger partial charge is 0.394 e. The summed E-state index contributed by atoms with van der Waals surface area (Å²) in [5.41, 5.74) is 0. The minimum atomic E-state index is -1.71. The number of aliphatic hydroxyl groups excluding tert-OH is 9. The summed E-state index contributed by atoms with van der Waals surface area (Å²) in [5, 5.41) is 89.4. The Kier molecular flexibility index (Phi) is 9.35. The average molecular weight is 488 g/mol. The highest BCUT2D eigenvalue weighted by molar-refractivity contribution is 4.94. The lowest BCUT2D eigenvalue weighted by molar-refractivity contribution is -0.350. The highest BCUT2D eigenvalue weighted by Crippen LogP contribution is 2.31. The molecule has 15 heteroatoms. The lowest BCUT2D eigenvalue weighted by Gasteiger charge is -2.44. The maximum Gasteiger partial charge on any atom is 0.187 e. The Morgan fingerprint density at radius 2 is 1.06 bits per heavy atom. The van der Waals surface area contributed by atoms with Gasteiger partial charge in [-0.15, -0.1) is 0 Å². The fourth-order valence-electron chi connectivity index (χ4n) is 3.91. The van der Waals surface area contributed by atoms with Crippen molar-refractivity contribution in [2.24, 2.45) is 0 Å². The minimum Gasteiger partial charge on any atom is -0.394 e. The lowest BCUT2D eigenvalue weighted by Crippen LogP contribution is -2.62. The molecule has 0 saturated carbocycles. The van der Waals surface area contributed by atoms with E-state index in [4.69, 9.17) is 28.4 Å². The maximum atomic E-state index is 10.5.